The Morgan fingerprint density at radius 1 is 1.26 bits per heavy atom. The Kier molecular flexibility index (Phi) is 5.81. The highest BCUT2D eigenvalue weighted by Gasteiger charge is 2.43. The maximum Gasteiger partial charge on any atom is 0.264 e. The number of sulfone groups is 1. The number of carbonyl (C=O) groups excluding carboxylic acids is 1. The largest absolute Gasteiger partial charge is 0.315 e. The molecule has 27 heavy (non-hydrogen) atoms. The van der Waals surface area contributed by atoms with Gasteiger partial charge in [-0.15, -0.1) is 0 Å². The van der Waals surface area contributed by atoms with Gasteiger partial charge in [0.15, 0.2) is 14.6 Å². The second kappa shape index (κ2) is 7.57. The Morgan fingerprint density at radius 3 is 2.33 bits per heavy atom. The van der Waals surface area contributed by atoms with E-state index in [9.17, 15) is 26.8 Å². The van der Waals surface area contributed by atoms with Gasteiger partial charge in [-0.1, -0.05) is 6.07 Å². The normalized spacial score (nSPS) is 13.8. The molecular formula is C17H18F2N2O5S. The SMILES string of the molecule is C[C@@](CCn1ccc(-c2c(F)cccc2F)cc1=O)(C(=O)NO)S(C)(=O)=O. The van der Waals surface area contributed by atoms with E-state index in [-0.39, 0.29) is 24.1 Å². The molecule has 1 aromatic heterocycles. The zero-order valence-electron chi connectivity index (χ0n) is 14.6. The summed E-state index contributed by atoms with van der Waals surface area (Å²) in [5.41, 5.74) is 0.376. The Hall–Kier alpha value is -2.59. The third kappa shape index (κ3) is 4.06. The molecule has 0 spiro atoms. The van der Waals surface area contributed by atoms with E-state index in [1.807, 2.05) is 0 Å². The van der Waals surface area contributed by atoms with E-state index < -0.39 is 37.7 Å². The standard InChI is InChI=1S/C17H18F2N2O5S/c1-17(16(23)20-24,27(2,25)26)7-9-21-8-6-11(10-14(21)22)15-12(18)4-3-5-13(15)19/h3-6,8,10,24H,7,9H2,1-2H3,(H,20,23)/t17-/m1/s1. The molecule has 0 aliphatic heterocycles. The van der Waals surface area contributed by atoms with E-state index in [0.717, 1.165) is 35.9 Å². The lowest BCUT2D eigenvalue weighted by Gasteiger charge is -2.25. The van der Waals surface area contributed by atoms with Gasteiger partial charge in [0.25, 0.3) is 11.5 Å². The van der Waals surface area contributed by atoms with Crippen LogP contribution in [-0.2, 0) is 21.2 Å². The van der Waals surface area contributed by atoms with E-state index in [2.05, 4.69) is 0 Å². The average Bonchev–Trinajstić information content (AvgIpc) is 2.58. The Morgan fingerprint density at radius 2 is 1.85 bits per heavy atom. The van der Waals surface area contributed by atoms with Crippen LogP contribution in [0.3, 0.4) is 0 Å². The summed E-state index contributed by atoms with van der Waals surface area (Å²) in [4.78, 5) is 24.1. The molecule has 0 radical (unpaired) electrons. The van der Waals surface area contributed by atoms with Crippen LogP contribution in [-0.4, -0.2) is 35.1 Å². The highest BCUT2D eigenvalue weighted by atomic mass is 32.2. The van der Waals surface area contributed by atoms with Crippen LogP contribution < -0.4 is 11.0 Å². The van der Waals surface area contributed by atoms with E-state index in [0.29, 0.717) is 0 Å². The van der Waals surface area contributed by atoms with Crippen LogP contribution in [0.25, 0.3) is 11.1 Å². The van der Waals surface area contributed by atoms with E-state index >= 15 is 0 Å². The number of carbonyl (C=O) groups is 1. The topological polar surface area (TPSA) is 105 Å². The number of rotatable bonds is 6. The third-order valence-corrected chi connectivity index (χ3v) is 6.50. The van der Waals surface area contributed by atoms with E-state index in [4.69, 9.17) is 5.21 Å². The fourth-order valence-electron chi connectivity index (χ4n) is 2.54. The summed E-state index contributed by atoms with van der Waals surface area (Å²) in [6, 6.07) is 5.66. The van der Waals surface area contributed by atoms with Gasteiger partial charge in [-0.25, -0.2) is 22.7 Å². The summed E-state index contributed by atoms with van der Waals surface area (Å²) >= 11 is 0. The first kappa shape index (κ1) is 20.7. The molecule has 7 nitrogen and oxygen atoms in total. The molecule has 2 N–H and O–H groups in total. The minimum atomic E-state index is -3.91. The van der Waals surface area contributed by atoms with Crippen LogP contribution in [0, 0.1) is 11.6 Å². The number of pyridine rings is 1. The van der Waals surface area contributed by atoms with Crippen molar-refractivity contribution in [2.24, 2.45) is 0 Å². The first-order valence-corrected chi connectivity index (χ1v) is 9.69. The fourth-order valence-corrected chi connectivity index (χ4v) is 3.39. The van der Waals surface area contributed by atoms with E-state index in [1.54, 1.807) is 0 Å². The number of nitrogens with zero attached hydrogens (tertiary/aromatic N) is 1. The zero-order valence-corrected chi connectivity index (χ0v) is 15.4. The van der Waals surface area contributed by atoms with Crippen LogP contribution in [0.1, 0.15) is 13.3 Å². The molecule has 0 unspecified atom stereocenters. The highest BCUT2D eigenvalue weighted by molar-refractivity contribution is 7.92. The molecule has 146 valence electrons. The fraction of sp³-hybridized carbons (Fsp3) is 0.294. The van der Waals surface area contributed by atoms with Crippen LogP contribution in [0.2, 0.25) is 0 Å². The number of halogens is 2. The van der Waals surface area contributed by atoms with Crippen molar-refractivity contribution in [1.82, 2.24) is 10.0 Å². The van der Waals surface area contributed by atoms with Crippen molar-refractivity contribution in [1.29, 1.82) is 0 Å². The quantitative estimate of drug-likeness (QED) is 0.565. The molecule has 10 heteroatoms. The molecule has 0 aliphatic carbocycles. The third-order valence-electron chi connectivity index (χ3n) is 4.48. The van der Waals surface area contributed by atoms with Crippen molar-refractivity contribution in [3.05, 3.63) is 58.5 Å². The summed E-state index contributed by atoms with van der Waals surface area (Å²) in [5, 5.41) is 8.80. The number of nitrogens with one attached hydrogen (secondary N) is 1. The van der Waals surface area contributed by atoms with Gasteiger partial charge in [-0.3, -0.25) is 14.8 Å². The number of hydrogen-bond donors (Lipinski definition) is 2. The van der Waals surface area contributed by atoms with Gasteiger partial charge in [-0.2, -0.15) is 0 Å². The van der Waals surface area contributed by atoms with Crippen molar-refractivity contribution in [2.45, 2.75) is 24.6 Å². The van der Waals surface area contributed by atoms with Crippen molar-refractivity contribution in [2.75, 3.05) is 6.26 Å². The lowest BCUT2D eigenvalue weighted by atomic mass is 10.0. The predicted molar refractivity (Wildman–Crippen MR) is 93.8 cm³/mol. The minimum Gasteiger partial charge on any atom is -0.315 e. The molecule has 1 amide bonds. The number of hydroxylamine groups is 1. The number of aryl methyl sites for hydroxylation is 1. The molecule has 1 heterocycles. The molecular weight excluding hydrogens is 382 g/mol. The smallest absolute Gasteiger partial charge is 0.264 e. The molecule has 0 bridgehead atoms. The molecule has 0 saturated heterocycles. The van der Waals surface area contributed by atoms with Crippen molar-refractivity contribution in [3.63, 3.8) is 0 Å². The molecule has 0 fully saturated rings. The molecule has 1 aromatic carbocycles. The van der Waals surface area contributed by atoms with Crippen LogP contribution in [0.15, 0.2) is 41.3 Å². The number of amides is 1. The summed E-state index contributed by atoms with van der Waals surface area (Å²) in [6.45, 7) is 0.956. The Labute approximate surface area is 154 Å². The second-order valence-corrected chi connectivity index (χ2v) is 8.68. The molecule has 2 rings (SSSR count). The highest BCUT2D eigenvalue weighted by Crippen LogP contribution is 2.25. The second-order valence-electron chi connectivity index (χ2n) is 6.24. The van der Waals surface area contributed by atoms with Crippen LogP contribution in [0.4, 0.5) is 8.78 Å². The Balaban J connectivity index is 2.34. The monoisotopic (exact) mass is 400 g/mol. The maximum absolute atomic E-state index is 13.8. The summed E-state index contributed by atoms with van der Waals surface area (Å²) in [5.74, 6) is -2.77. The molecule has 2 aromatic rings. The zero-order chi connectivity index (χ0) is 20.4. The number of hydrogen-bond acceptors (Lipinski definition) is 5. The molecule has 0 aliphatic rings. The maximum atomic E-state index is 13.8. The van der Waals surface area contributed by atoms with Gasteiger partial charge in [-0.05, 0) is 37.1 Å². The van der Waals surface area contributed by atoms with Gasteiger partial charge < -0.3 is 4.57 Å². The van der Waals surface area contributed by atoms with Gasteiger partial charge in [0.2, 0.25) is 0 Å². The number of benzene rings is 1. The van der Waals surface area contributed by atoms with E-state index in [1.165, 1.54) is 23.8 Å². The summed E-state index contributed by atoms with van der Waals surface area (Å²) in [7, 11) is -3.91. The molecule has 1 atom stereocenters. The first-order chi connectivity index (χ1) is 12.5. The van der Waals surface area contributed by atoms with Crippen molar-refractivity contribution in [3.8, 4) is 11.1 Å². The first-order valence-electron chi connectivity index (χ1n) is 7.80. The average molecular weight is 400 g/mol. The van der Waals surface area contributed by atoms with Gasteiger partial charge >= 0.3 is 0 Å². The van der Waals surface area contributed by atoms with Crippen molar-refractivity contribution < 1.29 is 27.2 Å². The number of aromatic nitrogens is 1. The minimum absolute atomic E-state index is 0.0332. The van der Waals surface area contributed by atoms with Gasteiger partial charge in [0.05, 0.1) is 5.56 Å². The predicted octanol–water partition coefficient (Wildman–Crippen LogP) is 1.49. The van der Waals surface area contributed by atoms with Gasteiger partial charge in [0, 0.05) is 25.1 Å². The Bertz CT molecular complexity index is 1020. The molecule has 0 saturated carbocycles. The van der Waals surface area contributed by atoms with Crippen LogP contribution >= 0.6 is 0 Å². The van der Waals surface area contributed by atoms with Crippen molar-refractivity contribution >= 4 is 15.7 Å². The lowest BCUT2D eigenvalue weighted by molar-refractivity contribution is -0.131. The van der Waals surface area contributed by atoms with Crippen LogP contribution in [0.5, 0.6) is 0 Å². The lowest BCUT2D eigenvalue weighted by Crippen LogP contribution is -2.49. The summed E-state index contributed by atoms with van der Waals surface area (Å²) < 4.78 is 50.7. The summed E-state index contributed by atoms with van der Waals surface area (Å²) in [6.07, 6.45) is 1.80. The van der Waals surface area contributed by atoms with Gasteiger partial charge in [0.1, 0.15) is 11.6 Å².